The highest BCUT2D eigenvalue weighted by molar-refractivity contribution is 5.87. The number of nitrogens with zero attached hydrogens (tertiary/aromatic N) is 3. The first-order valence-corrected chi connectivity index (χ1v) is 4.78. The fraction of sp³-hybridized carbons (Fsp3) is 0.300. The van der Waals surface area contributed by atoms with Gasteiger partial charge in [-0.15, -0.1) is 10.2 Å². The minimum atomic E-state index is -0.965. The van der Waals surface area contributed by atoms with Crippen molar-refractivity contribution in [3.63, 3.8) is 0 Å². The number of aromatic carboxylic acids is 1. The Morgan fingerprint density at radius 3 is 3.00 bits per heavy atom. The summed E-state index contributed by atoms with van der Waals surface area (Å²) in [4.78, 5) is 10.8. The first-order chi connectivity index (χ1) is 7.72. The number of carboxylic acid groups (broad SMARTS) is 1. The Hall–Kier alpha value is -1.95. The molecule has 2 aromatic rings. The van der Waals surface area contributed by atoms with Crippen molar-refractivity contribution in [3.8, 4) is 0 Å². The van der Waals surface area contributed by atoms with Gasteiger partial charge < -0.3 is 9.84 Å². The van der Waals surface area contributed by atoms with E-state index < -0.39 is 5.97 Å². The van der Waals surface area contributed by atoms with E-state index in [1.54, 1.807) is 17.6 Å². The van der Waals surface area contributed by atoms with Crippen LogP contribution in [0.1, 0.15) is 16.2 Å². The average Bonchev–Trinajstić information content (AvgIpc) is 2.68. The lowest BCUT2D eigenvalue weighted by Crippen LogP contribution is -2.03. The lowest BCUT2D eigenvalue weighted by atomic mass is 10.3. The molecule has 0 bridgehead atoms. The van der Waals surface area contributed by atoms with Gasteiger partial charge in [0.25, 0.3) is 0 Å². The molecule has 0 amide bonds. The third-order valence-corrected chi connectivity index (χ3v) is 2.25. The van der Waals surface area contributed by atoms with Crippen LogP contribution in [-0.4, -0.2) is 39.4 Å². The average molecular weight is 221 g/mol. The van der Waals surface area contributed by atoms with Crippen LogP contribution in [0.4, 0.5) is 0 Å². The molecule has 0 spiro atoms. The molecule has 0 aromatic carbocycles. The summed E-state index contributed by atoms with van der Waals surface area (Å²) in [6.45, 7) is 0.526. The molecule has 0 radical (unpaired) electrons. The maximum absolute atomic E-state index is 10.8. The Bertz CT molecular complexity index is 521. The number of aromatic nitrogens is 3. The molecule has 2 rings (SSSR count). The number of ether oxygens (including phenoxy) is 1. The predicted octanol–water partition coefficient (Wildman–Crippen LogP) is 0.616. The Kier molecular flexibility index (Phi) is 2.82. The highest BCUT2D eigenvalue weighted by Gasteiger charge is 2.08. The normalized spacial score (nSPS) is 10.8. The van der Waals surface area contributed by atoms with Crippen molar-refractivity contribution >= 4 is 11.6 Å². The SMILES string of the molecule is COCCc1nnc2ccc(C(=O)O)cn12. The second-order valence-corrected chi connectivity index (χ2v) is 3.31. The van der Waals surface area contributed by atoms with Gasteiger partial charge in [0.1, 0.15) is 5.82 Å². The zero-order chi connectivity index (χ0) is 11.5. The molecule has 0 aliphatic rings. The second-order valence-electron chi connectivity index (χ2n) is 3.31. The highest BCUT2D eigenvalue weighted by atomic mass is 16.5. The van der Waals surface area contributed by atoms with Crippen molar-refractivity contribution in [1.82, 2.24) is 14.6 Å². The standard InChI is InChI=1S/C10H11N3O3/c1-16-5-4-9-12-11-8-3-2-7(10(14)15)6-13(8)9/h2-3,6H,4-5H2,1H3,(H,14,15). The first kappa shape index (κ1) is 10.6. The Balaban J connectivity index is 2.43. The highest BCUT2D eigenvalue weighted by Crippen LogP contribution is 2.07. The molecule has 16 heavy (non-hydrogen) atoms. The van der Waals surface area contributed by atoms with Crippen molar-refractivity contribution in [2.75, 3.05) is 13.7 Å². The summed E-state index contributed by atoms with van der Waals surface area (Å²) in [7, 11) is 1.60. The maximum atomic E-state index is 10.8. The summed E-state index contributed by atoms with van der Waals surface area (Å²) in [5.41, 5.74) is 0.849. The maximum Gasteiger partial charge on any atom is 0.337 e. The topological polar surface area (TPSA) is 76.7 Å². The molecule has 0 saturated heterocycles. The summed E-state index contributed by atoms with van der Waals surface area (Å²) in [6.07, 6.45) is 2.11. The van der Waals surface area contributed by atoms with Crippen molar-refractivity contribution in [2.24, 2.45) is 0 Å². The van der Waals surface area contributed by atoms with E-state index in [0.29, 0.717) is 24.5 Å². The zero-order valence-corrected chi connectivity index (χ0v) is 8.75. The minimum Gasteiger partial charge on any atom is -0.478 e. The Morgan fingerprint density at radius 2 is 2.31 bits per heavy atom. The smallest absolute Gasteiger partial charge is 0.337 e. The number of methoxy groups -OCH3 is 1. The summed E-state index contributed by atoms with van der Waals surface area (Å²) in [5.74, 6) is -0.270. The van der Waals surface area contributed by atoms with Crippen LogP contribution in [0.5, 0.6) is 0 Å². The van der Waals surface area contributed by atoms with E-state index in [1.807, 2.05) is 0 Å². The van der Waals surface area contributed by atoms with E-state index >= 15 is 0 Å². The molecule has 6 heteroatoms. The molecule has 0 aliphatic carbocycles. The van der Waals surface area contributed by atoms with Crippen LogP contribution in [0, 0.1) is 0 Å². The van der Waals surface area contributed by atoms with Crippen molar-refractivity contribution in [2.45, 2.75) is 6.42 Å². The molecule has 0 fully saturated rings. The van der Waals surface area contributed by atoms with E-state index in [2.05, 4.69) is 10.2 Å². The van der Waals surface area contributed by atoms with Gasteiger partial charge in [0.15, 0.2) is 5.65 Å². The van der Waals surface area contributed by atoms with E-state index in [0.717, 1.165) is 0 Å². The molecule has 0 atom stereocenters. The summed E-state index contributed by atoms with van der Waals surface area (Å²) in [6, 6.07) is 3.14. The van der Waals surface area contributed by atoms with Gasteiger partial charge in [0.2, 0.25) is 0 Å². The number of pyridine rings is 1. The molecule has 2 heterocycles. The molecule has 6 nitrogen and oxygen atoms in total. The van der Waals surface area contributed by atoms with Crippen molar-refractivity contribution < 1.29 is 14.6 Å². The van der Waals surface area contributed by atoms with Gasteiger partial charge in [0.05, 0.1) is 12.2 Å². The largest absolute Gasteiger partial charge is 0.478 e. The van der Waals surface area contributed by atoms with Gasteiger partial charge in [-0.05, 0) is 12.1 Å². The molecular weight excluding hydrogens is 210 g/mol. The lowest BCUT2D eigenvalue weighted by molar-refractivity contribution is 0.0696. The van der Waals surface area contributed by atoms with Crippen molar-refractivity contribution in [1.29, 1.82) is 0 Å². The predicted molar refractivity (Wildman–Crippen MR) is 55.5 cm³/mol. The number of hydrogen-bond acceptors (Lipinski definition) is 4. The Labute approximate surface area is 91.5 Å². The summed E-state index contributed by atoms with van der Waals surface area (Å²) >= 11 is 0. The van der Waals surface area contributed by atoms with Gasteiger partial charge in [0, 0.05) is 19.7 Å². The van der Waals surface area contributed by atoms with Crippen LogP contribution in [0.3, 0.4) is 0 Å². The van der Waals surface area contributed by atoms with Gasteiger partial charge in [-0.3, -0.25) is 4.40 Å². The molecule has 0 aliphatic heterocycles. The van der Waals surface area contributed by atoms with Crippen LogP contribution in [0.15, 0.2) is 18.3 Å². The quantitative estimate of drug-likeness (QED) is 0.818. The molecular formula is C10H11N3O3. The third-order valence-electron chi connectivity index (χ3n) is 2.25. The van der Waals surface area contributed by atoms with E-state index in [1.165, 1.54) is 12.3 Å². The fourth-order valence-corrected chi connectivity index (χ4v) is 1.43. The van der Waals surface area contributed by atoms with E-state index in [9.17, 15) is 4.79 Å². The third kappa shape index (κ3) is 1.87. The minimum absolute atomic E-state index is 0.214. The summed E-state index contributed by atoms with van der Waals surface area (Å²) in [5, 5.41) is 16.8. The molecule has 0 unspecified atom stereocenters. The van der Waals surface area contributed by atoms with Gasteiger partial charge in [-0.2, -0.15) is 0 Å². The van der Waals surface area contributed by atoms with Gasteiger partial charge in [-0.1, -0.05) is 0 Å². The van der Waals surface area contributed by atoms with Crippen LogP contribution < -0.4 is 0 Å². The molecule has 1 N–H and O–H groups in total. The van der Waals surface area contributed by atoms with Crippen LogP contribution in [-0.2, 0) is 11.2 Å². The summed E-state index contributed by atoms with van der Waals surface area (Å²) < 4.78 is 6.61. The lowest BCUT2D eigenvalue weighted by Gasteiger charge is -2.00. The number of hydrogen-bond donors (Lipinski definition) is 1. The Morgan fingerprint density at radius 1 is 1.50 bits per heavy atom. The molecule has 84 valence electrons. The van der Waals surface area contributed by atoms with Gasteiger partial charge >= 0.3 is 5.97 Å². The fourth-order valence-electron chi connectivity index (χ4n) is 1.43. The van der Waals surface area contributed by atoms with Crippen LogP contribution in [0.25, 0.3) is 5.65 Å². The monoisotopic (exact) mass is 221 g/mol. The van der Waals surface area contributed by atoms with Crippen molar-refractivity contribution in [3.05, 3.63) is 29.7 Å². The van der Waals surface area contributed by atoms with Gasteiger partial charge in [-0.25, -0.2) is 4.79 Å². The van der Waals surface area contributed by atoms with E-state index in [4.69, 9.17) is 9.84 Å². The first-order valence-electron chi connectivity index (χ1n) is 4.78. The zero-order valence-electron chi connectivity index (χ0n) is 8.75. The van der Waals surface area contributed by atoms with Crippen LogP contribution >= 0.6 is 0 Å². The van der Waals surface area contributed by atoms with E-state index in [-0.39, 0.29) is 5.56 Å². The molecule has 0 saturated carbocycles. The van der Waals surface area contributed by atoms with Crippen LogP contribution in [0.2, 0.25) is 0 Å². The number of carboxylic acids is 1. The number of fused-ring (bicyclic) bond motifs is 1. The number of carbonyl (C=O) groups is 1. The second kappa shape index (κ2) is 4.28. The number of rotatable bonds is 4. The molecule has 2 aromatic heterocycles.